The standard InChI is InChI=1S/C23H29/c1-10-11-12-13(2)21-17(6)16(5)19(8)22-18(7)14(3)15(4)20(9)23(21)22/h10-12H,1H2,2-9H3. The molecule has 1 radical (unpaired) electrons. The molecule has 2 aromatic rings. The average molecular weight is 305 g/mol. The van der Waals surface area contributed by atoms with E-state index in [0.717, 1.165) is 0 Å². The maximum Gasteiger partial charge on any atom is -0.00684 e. The van der Waals surface area contributed by atoms with Gasteiger partial charge < -0.3 is 0 Å². The van der Waals surface area contributed by atoms with Crippen LogP contribution in [0.3, 0.4) is 0 Å². The Kier molecular flexibility index (Phi) is 4.84. The maximum absolute atomic E-state index is 3.80. The molecule has 0 bridgehead atoms. The molecule has 23 heavy (non-hydrogen) atoms. The SMILES string of the molecule is [CH2]C=CC=C(C)c1c(C)c(C)c(C)c2c(C)c(C)c(C)c(C)c12. The minimum atomic E-state index is 1.31. The molecule has 0 fully saturated rings. The van der Waals surface area contributed by atoms with Crippen molar-refractivity contribution in [3.8, 4) is 0 Å². The van der Waals surface area contributed by atoms with Crippen LogP contribution in [0, 0.1) is 55.4 Å². The second-order valence-electron chi connectivity index (χ2n) is 6.78. The van der Waals surface area contributed by atoms with Gasteiger partial charge in [0.25, 0.3) is 0 Å². The van der Waals surface area contributed by atoms with Crippen LogP contribution in [-0.4, -0.2) is 0 Å². The van der Waals surface area contributed by atoms with Crippen molar-refractivity contribution in [3.63, 3.8) is 0 Å². The lowest BCUT2D eigenvalue weighted by atomic mass is 9.81. The number of benzene rings is 2. The van der Waals surface area contributed by atoms with Crippen molar-refractivity contribution in [3.05, 3.63) is 69.7 Å². The molecular formula is C23H29. The molecule has 2 rings (SSSR count). The van der Waals surface area contributed by atoms with Gasteiger partial charge in [-0.05, 0) is 123 Å². The van der Waals surface area contributed by atoms with Crippen molar-refractivity contribution in [2.45, 2.75) is 55.4 Å². The molecule has 0 aliphatic carbocycles. The van der Waals surface area contributed by atoms with Crippen molar-refractivity contribution in [1.82, 2.24) is 0 Å². The Morgan fingerprint density at radius 3 is 1.57 bits per heavy atom. The van der Waals surface area contributed by atoms with Crippen LogP contribution < -0.4 is 0 Å². The zero-order valence-electron chi connectivity index (χ0n) is 15.9. The number of hydrogen-bond acceptors (Lipinski definition) is 0. The number of aryl methyl sites for hydroxylation is 3. The van der Waals surface area contributed by atoms with Gasteiger partial charge in [0.15, 0.2) is 0 Å². The van der Waals surface area contributed by atoms with Crippen LogP contribution in [0.5, 0.6) is 0 Å². The summed E-state index contributed by atoms with van der Waals surface area (Å²) in [7, 11) is 0. The van der Waals surface area contributed by atoms with E-state index >= 15 is 0 Å². The highest BCUT2D eigenvalue weighted by Crippen LogP contribution is 2.39. The Morgan fingerprint density at radius 1 is 0.652 bits per heavy atom. The number of fused-ring (bicyclic) bond motifs is 1. The van der Waals surface area contributed by atoms with Gasteiger partial charge in [-0.1, -0.05) is 18.2 Å². The van der Waals surface area contributed by atoms with Crippen LogP contribution in [0.4, 0.5) is 0 Å². The minimum absolute atomic E-state index is 1.31. The zero-order chi connectivity index (χ0) is 17.5. The highest BCUT2D eigenvalue weighted by Gasteiger charge is 2.19. The number of hydrogen-bond donors (Lipinski definition) is 0. The lowest BCUT2D eigenvalue weighted by molar-refractivity contribution is 1.21. The molecule has 121 valence electrons. The second-order valence-corrected chi connectivity index (χ2v) is 6.78. The van der Waals surface area contributed by atoms with Gasteiger partial charge in [-0.2, -0.15) is 0 Å². The molecule has 0 nitrogen and oxygen atoms in total. The van der Waals surface area contributed by atoms with Crippen molar-refractivity contribution in [1.29, 1.82) is 0 Å². The predicted molar refractivity (Wildman–Crippen MR) is 105 cm³/mol. The first kappa shape index (κ1) is 17.5. The molecule has 0 heterocycles. The van der Waals surface area contributed by atoms with E-state index in [0.29, 0.717) is 0 Å². The Morgan fingerprint density at radius 2 is 1.09 bits per heavy atom. The first-order valence-electron chi connectivity index (χ1n) is 8.36. The third-order valence-corrected chi connectivity index (χ3v) is 5.69. The Hall–Kier alpha value is -1.82. The van der Waals surface area contributed by atoms with E-state index in [2.05, 4.69) is 68.4 Å². The Balaban J connectivity index is 3.15. The largest absolute Gasteiger partial charge is 0.0842 e. The summed E-state index contributed by atoms with van der Waals surface area (Å²) in [6.45, 7) is 21.8. The lowest BCUT2D eigenvalue weighted by Gasteiger charge is -2.23. The lowest BCUT2D eigenvalue weighted by Crippen LogP contribution is -2.03. The highest BCUT2D eigenvalue weighted by molar-refractivity contribution is 6.02. The van der Waals surface area contributed by atoms with E-state index in [9.17, 15) is 0 Å². The van der Waals surface area contributed by atoms with Crippen molar-refractivity contribution in [2.24, 2.45) is 0 Å². The van der Waals surface area contributed by atoms with Gasteiger partial charge in [-0.15, -0.1) is 0 Å². The van der Waals surface area contributed by atoms with Crippen molar-refractivity contribution < 1.29 is 0 Å². The molecule has 0 atom stereocenters. The molecule has 0 aromatic heterocycles. The van der Waals surface area contributed by atoms with E-state index in [1.807, 2.05) is 12.2 Å². The van der Waals surface area contributed by atoms with Crippen LogP contribution >= 0.6 is 0 Å². The van der Waals surface area contributed by atoms with Gasteiger partial charge >= 0.3 is 0 Å². The minimum Gasteiger partial charge on any atom is -0.0842 e. The third kappa shape index (κ3) is 2.65. The van der Waals surface area contributed by atoms with Crippen LogP contribution in [0.1, 0.15) is 51.4 Å². The summed E-state index contributed by atoms with van der Waals surface area (Å²) in [4.78, 5) is 0. The molecule has 0 saturated heterocycles. The molecule has 0 aliphatic rings. The van der Waals surface area contributed by atoms with E-state index in [1.54, 1.807) is 0 Å². The van der Waals surface area contributed by atoms with Crippen molar-refractivity contribution in [2.75, 3.05) is 0 Å². The molecule has 0 amide bonds. The summed E-state index contributed by atoms with van der Waals surface area (Å²) in [6, 6.07) is 0. The predicted octanol–water partition coefficient (Wildman–Crippen LogP) is 6.79. The highest BCUT2D eigenvalue weighted by atomic mass is 14.2. The molecule has 0 spiro atoms. The first-order chi connectivity index (χ1) is 10.7. The molecule has 0 heteroatoms. The van der Waals surface area contributed by atoms with E-state index in [1.165, 1.54) is 60.9 Å². The zero-order valence-corrected chi connectivity index (χ0v) is 15.9. The van der Waals surface area contributed by atoms with Crippen LogP contribution in [0.25, 0.3) is 16.3 Å². The topological polar surface area (TPSA) is 0 Å². The first-order valence-corrected chi connectivity index (χ1v) is 8.36. The summed E-state index contributed by atoms with van der Waals surface area (Å²) < 4.78 is 0. The summed E-state index contributed by atoms with van der Waals surface area (Å²) in [5.41, 5.74) is 12.6. The fourth-order valence-electron chi connectivity index (χ4n) is 3.73. The molecule has 0 saturated carbocycles. The molecule has 0 N–H and O–H groups in total. The van der Waals surface area contributed by atoms with Gasteiger partial charge in [-0.25, -0.2) is 0 Å². The fraction of sp³-hybridized carbons (Fsp3) is 0.348. The number of allylic oxidation sites excluding steroid dienone is 4. The molecule has 0 aliphatic heterocycles. The van der Waals surface area contributed by atoms with E-state index in [-0.39, 0.29) is 0 Å². The van der Waals surface area contributed by atoms with Gasteiger partial charge in [0.1, 0.15) is 0 Å². The fourth-order valence-corrected chi connectivity index (χ4v) is 3.73. The van der Waals surface area contributed by atoms with Crippen LogP contribution in [0.15, 0.2) is 18.2 Å². The summed E-state index contributed by atoms with van der Waals surface area (Å²) in [5, 5.41) is 2.87. The van der Waals surface area contributed by atoms with Gasteiger partial charge in [0.05, 0.1) is 0 Å². The maximum atomic E-state index is 3.80. The summed E-state index contributed by atoms with van der Waals surface area (Å²) in [5.74, 6) is 0. The average Bonchev–Trinajstić information content (AvgIpc) is 2.53. The Labute approximate surface area is 141 Å². The van der Waals surface area contributed by atoms with Gasteiger partial charge in [-0.3, -0.25) is 0 Å². The normalized spacial score (nSPS) is 12.7. The summed E-state index contributed by atoms with van der Waals surface area (Å²) in [6.07, 6.45) is 6.04. The molecule has 2 aromatic carbocycles. The van der Waals surface area contributed by atoms with Crippen LogP contribution in [0.2, 0.25) is 0 Å². The van der Waals surface area contributed by atoms with Gasteiger partial charge in [0, 0.05) is 0 Å². The van der Waals surface area contributed by atoms with Gasteiger partial charge in [0.2, 0.25) is 0 Å². The molecule has 0 unspecified atom stereocenters. The molecular weight excluding hydrogens is 276 g/mol. The summed E-state index contributed by atoms with van der Waals surface area (Å²) >= 11 is 0. The Bertz CT molecular complexity index is 835. The quantitative estimate of drug-likeness (QED) is 0.536. The third-order valence-electron chi connectivity index (χ3n) is 5.69. The second kappa shape index (κ2) is 6.35. The monoisotopic (exact) mass is 305 g/mol. The van der Waals surface area contributed by atoms with Crippen molar-refractivity contribution >= 4 is 16.3 Å². The smallest absolute Gasteiger partial charge is 0.00684 e. The number of rotatable bonds is 2. The van der Waals surface area contributed by atoms with E-state index < -0.39 is 0 Å². The van der Waals surface area contributed by atoms with Crippen LogP contribution in [-0.2, 0) is 0 Å². The van der Waals surface area contributed by atoms with E-state index in [4.69, 9.17) is 0 Å².